The summed E-state index contributed by atoms with van der Waals surface area (Å²) in [5.74, 6) is -0.479. The molecule has 1 N–H and O–H groups in total. The van der Waals surface area contributed by atoms with Crippen LogP contribution in [-0.4, -0.2) is 48.5 Å². The summed E-state index contributed by atoms with van der Waals surface area (Å²) in [5, 5.41) is 7.49. The number of benzene rings is 2. The Morgan fingerprint density at radius 1 is 0.943 bits per heavy atom. The number of hydrogen-bond acceptors (Lipinski definition) is 7. The molecule has 1 amide bonds. The van der Waals surface area contributed by atoms with Crippen molar-refractivity contribution in [3.8, 4) is 11.4 Å². The predicted octanol–water partition coefficient (Wildman–Crippen LogP) is 3.71. The fourth-order valence-corrected chi connectivity index (χ4v) is 3.63. The normalized spacial score (nSPS) is 10.5. The SMILES string of the molecule is COC(=O)CCc1c(C)nn(-c2ccc(C(=O)Nc3ccc(OCC(=O)OC)cc3C)cc2)c1C. The van der Waals surface area contributed by atoms with Gasteiger partial charge in [0.2, 0.25) is 0 Å². The lowest BCUT2D eigenvalue weighted by Gasteiger charge is -2.12. The quantitative estimate of drug-likeness (QED) is 0.466. The lowest BCUT2D eigenvalue weighted by atomic mass is 10.1. The van der Waals surface area contributed by atoms with Gasteiger partial charge >= 0.3 is 11.9 Å². The van der Waals surface area contributed by atoms with Crippen molar-refractivity contribution in [2.24, 2.45) is 0 Å². The lowest BCUT2D eigenvalue weighted by Crippen LogP contribution is -2.14. The van der Waals surface area contributed by atoms with E-state index in [2.05, 4.69) is 15.2 Å². The zero-order valence-corrected chi connectivity index (χ0v) is 20.5. The smallest absolute Gasteiger partial charge is 0.343 e. The fraction of sp³-hybridized carbons (Fsp3) is 0.308. The van der Waals surface area contributed by atoms with Crippen LogP contribution >= 0.6 is 0 Å². The molecule has 0 unspecified atom stereocenters. The predicted molar refractivity (Wildman–Crippen MR) is 130 cm³/mol. The molecule has 0 fully saturated rings. The van der Waals surface area contributed by atoms with Crippen LogP contribution in [0.4, 0.5) is 5.69 Å². The van der Waals surface area contributed by atoms with Crippen LogP contribution in [0.3, 0.4) is 0 Å². The van der Waals surface area contributed by atoms with Crippen LogP contribution in [0.15, 0.2) is 42.5 Å². The van der Waals surface area contributed by atoms with Gasteiger partial charge < -0.3 is 19.5 Å². The van der Waals surface area contributed by atoms with Crippen LogP contribution in [-0.2, 0) is 25.5 Å². The molecule has 0 radical (unpaired) electrons. The highest BCUT2D eigenvalue weighted by Crippen LogP contribution is 2.23. The molecule has 3 rings (SSSR count). The average Bonchev–Trinajstić information content (AvgIpc) is 3.15. The van der Waals surface area contributed by atoms with Crippen molar-refractivity contribution in [3.63, 3.8) is 0 Å². The third kappa shape index (κ3) is 6.26. The van der Waals surface area contributed by atoms with Gasteiger partial charge in [0.15, 0.2) is 6.61 Å². The Balaban J connectivity index is 1.69. The topological polar surface area (TPSA) is 109 Å². The Kier molecular flexibility index (Phi) is 8.25. The zero-order chi connectivity index (χ0) is 25.5. The van der Waals surface area contributed by atoms with E-state index in [0.717, 1.165) is 28.2 Å². The number of nitrogens with zero attached hydrogens (tertiary/aromatic N) is 2. The number of rotatable bonds is 9. The van der Waals surface area contributed by atoms with Crippen molar-refractivity contribution in [1.82, 2.24) is 9.78 Å². The van der Waals surface area contributed by atoms with E-state index in [1.807, 2.05) is 32.9 Å². The van der Waals surface area contributed by atoms with Gasteiger partial charge in [-0.1, -0.05) is 0 Å². The van der Waals surface area contributed by atoms with Crippen molar-refractivity contribution in [3.05, 3.63) is 70.5 Å². The second-order valence-corrected chi connectivity index (χ2v) is 7.98. The molecule has 35 heavy (non-hydrogen) atoms. The van der Waals surface area contributed by atoms with Crippen molar-refractivity contribution in [2.45, 2.75) is 33.6 Å². The summed E-state index contributed by atoms with van der Waals surface area (Å²) < 4.78 is 16.5. The van der Waals surface area contributed by atoms with Crippen molar-refractivity contribution in [1.29, 1.82) is 0 Å². The monoisotopic (exact) mass is 479 g/mol. The van der Waals surface area contributed by atoms with Gasteiger partial charge in [-0.15, -0.1) is 0 Å². The molecule has 0 aliphatic rings. The average molecular weight is 480 g/mol. The Morgan fingerprint density at radius 2 is 1.63 bits per heavy atom. The number of amides is 1. The van der Waals surface area contributed by atoms with Gasteiger partial charge in [0, 0.05) is 23.4 Å². The molecule has 184 valence electrons. The minimum atomic E-state index is -0.471. The highest BCUT2D eigenvalue weighted by atomic mass is 16.6. The molecule has 2 aromatic carbocycles. The number of hydrogen-bond donors (Lipinski definition) is 1. The summed E-state index contributed by atoms with van der Waals surface area (Å²) in [6.07, 6.45) is 0.845. The van der Waals surface area contributed by atoms with Gasteiger partial charge in [-0.25, -0.2) is 9.48 Å². The number of aromatic nitrogens is 2. The minimum Gasteiger partial charge on any atom is -0.482 e. The second kappa shape index (κ2) is 11.3. The maximum absolute atomic E-state index is 12.8. The lowest BCUT2D eigenvalue weighted by molar-refractivity contribution is -0.143. The van der Waals surface area contributed by atoms with Crippen LogP contribution < -0.4 is 10.1 Å². The van der Waals surface area contributed by atoms with E-state index in [9.17, 15) is 14.4 Å². The largest absolute Gasteiger partial charge is 0.482 e. The Morgan fingerprint density at radius 3 is 2.26 bits per heavy atom. The number of ether oxygens (including phenoxy) is 3. The third-order valence-corrected chi connectivity index (χ3v) is 5.65. The molecule has 9 nitrogen and oxygen atoms in total. The first-order chi connectivity index (χ1) is 16.7. The van der Waals surface area contributed by atoms with E-state index in [1.165, 1.54) is 14.2 Å². The number of methoxy groups -OCH3 is 2. The molecule has 1 aromatic heterocycles. The molecular formula is C26H29N3O6. The van der Waals surface area contributed by atoms with Gasteiger partial charge in [0.05, 0.1) is 25.6 Å². The van der Waals surface area contributed by atoms with Crippen molar-refractivity contribution < 1.29 is 28.6 Å². The Labute approximate surface area is 204 Å². The van der Waals surface area contributed by atoms with E-state index in [1.54, 1.807) is 35.0 Å². The summed E-state index contributed by atoms with van der Waals surface area (Å²) in [4.78, 5) is 35.5. The molecule has 0 bridgehead atoms. The Bertz CT molecular complexity index is 1230. The highest BCUT2D eigenvalue weighted by Gasteiger charge is 2.15. The molecule has 1 heterocycles. The van der Waals surface area contributed by atoms with Gasteiger partial charge in [0.1, 0.15) is 5.75 Å². The van der Waals surface area contributed by atoms with Gasteiger partial charge in [-0.2, -0.15) is 5.10 Å². The first-order valence-electron chi connectivity index (χ1n) is 11.1. The molecule has 0 aliphatic carbocycles. The molecule has 0 aliphatic heterocycles. The van der Waals surface area contributed by atoms with Crippen LogP contribution in [0.5, 0.6) is 5.75 Å². The molecule has 0 saturated heterocycles. The number of anilines is 1. The number of nitrogens with one attached hydrogen (secondary N) is 1. The van der Waals surface area contributed by atoms with E-state index < -0.39 is 5.97 Å². The summed E-state index contributed by atoms with van der Waals surface area (Å²) >= 11 is 0. The number of esters is 2. The molecule has 0 spiro atoms. The molecule has 3 aromatic rings. The van der Waals surface area contributed by atoms with Crippen molar-refractivity contribution in [2.75, 3.05) is 26.1 Å². The fourth-order valence-electron chi connectivity index (χ4n) is 3.63. The Hall–Kier alpha value is -4.14. The van der Waals surface area contributed by atoms with Gasteiger partial charge in [0.25, 0.3) is 5.91 Å². The molecule has 0 atom stereocenters. The van der Waals surface area contributed by atoms with E-state index >= 15 is 0 Å². The first kappa shape index (κ1) is 25.5. The molecular weight excluding hydrogens is 450 g/mol. The van der Waals surface area contributed by atoms with Crippen LogP contribution in [0.2, 0.25) is 0 Å². The van der Waals surface area contributed by atoms with E-state index in [-0.39, 0.29) is 18.5 Å². The summed E-state index contributed by atoms with van der Waals surface area (Å²) in [5.41, 5.74) is 5.53. The van der Waals surface area contributed by atoms with Gasteiger partial charge in [-0.3, -0.25) is 9.59 Å². The van der Waals surface area contributed by atoms with E-state index in [4.69, 9.17) is 9.47 Å². The summed E-state index contributed by atoms with van der Waals surface area (Å²) in [6.45, 7) is 5.51. The number of carbonyl (C=O) groups excluding carboxylic acids is 3. The zero-order valence-electron chi connectivity index (χ0n) is 20.5. The van der Waals surface area contributed by atoms with Crippen molar-refractivity contribution >= 4 is 23.5 Å². The van der Waals surface area contributed by atoms with Crippen LogP contribution in [0.1, 0.15) is 39.3 Å². The first-order valence-corrected chi connectivity index (χ1v) is 11.1. The molecule has 0 saturated carbocycles. The minimum absolute atomic E-state index is 0.185. The molecule has 9 heteroatoms. The number of aryl methyl sites for hydroxylation is 2. The van der Waals surface area contributed by atoms with Crippen LogP contribution in [0, 0.1) is 20.8 Å². The summed E-state index contributed by atoms with van der Waals surface area (Å²) in [6, 6.07) is 12.3. The van der Waals surface area contributed by atoms with Gasteiger partial charge in [-0.05, 0) is 80.8 Å². The highest BCUT2D eigenvalue weighted by molar-refractivity contribution is 6.04. The second-order valence-electron chi connectivity index (χ2n) is 7.98. The maximum Gasteiger partial charge on any atom is 0.343 e. The maximum atomic E-state index is 12.8. The third-order valence-electron chi connectivity index (χ3n) is 5.65. The number of carbonyl (C=O) groups is 3. The van der Waals surface area contributed by atoms with Crippen LogP contribution in [0.25, 0.3) is 5.69 Å². The summed E-state index contributed by atoms with van der Waals surface area (Å²) in [7, 11) is 2.67. The standard InChI is InChI=1S/C26H29N3O6/c1-16-14-21(35-15-25(31)34-5)10-12-23(16)27-26(32)19-6-8-20(9-7-19)29-18(3)22(17(2)28-29)11-13-24(30)33-4/h6-10,12,14H,11,13,15H2,1-5H3,(H,27,32). The van der Waals surface area contributed by atoms with E-state index in [0.29, 0.717) is 29.8 Å².